The molecule has 2 saturated heterocycles. The van der Waals surface area contributed by atoms with Crippen molar-refractivity contribution in [1.82, 2.24) is 0 Å². The van der Waals surface area contributed by atoms with Crippen molar-refractivity contribution < 1.29 is 69.3 Å². The predicted octanol–water partition coefficient (Wildman–Crippen LogP) is -2.13. The van der Waals surface area contributed by atoms with Crippen LogP contribution in [0, 0.1) is 0 Å². The van der Waals surface area contributed by atoms with Crippen LogP contribution in [0.1, 0.15) is 0 Å². The molecule has 0 bridgehead atoms. The van der Waals surface area contributed by atoms with E-state index in [1.54, 1.807) is 0 Å². The fraction of sp³-hybridized carbons (Fsp3) is 0.423. The van der Waals surface area contributed by atoms with E-state index in [1.165, 1.54) is 30.3 Å². The Morgan fingerprint density at radius 2 is 1.51 bits per heavy atom. The van der Waals surface area contributed by atoms with Gasteiger partial charge in [0.15, 0.2) is 5.76 Å². The maximum absolute atomic E-state index is 13.7. The molecule has 0 spiro atoms. The molecule has 15 heteroatoms. The van der Waals surface area contributed by atoms with Gasteiger partial charge in [0, 0.05) is 17.7 Å². The number of rotatable bonds is 6. The fourth-order valence-corrected chi connectivity index (χ4v) is 4.53. The molecular formula is C26H28O15. The van der Waals surface area contributed by atoms with Crippen LogP contribution in [0.5, 0.6) is 23.0 Å². The molecule has 1 aromatic heterocycles. The fourth-order valence-electron chi connectivity index (χ4n) is 4.53. The Labute approximate surface area is 230 Å². The number of aliphatic hydroxyl groups excluding tert-OH is 7. The van der Waals surface area contributed by atoms with Gasteiger partial charge in [0.1, 0.15) is 70.9 Å². The van der Waals surface area contributed by atoms with Crippen LogP contribution in [0.3, 0.4) is 0 Å². The average molecular weight is 580 g/mol. The normalized spacial score (nSPS) is 32.1. The number of hydrogen-bond donors (Lipinski definition) is 9. The number of benzene rings is 2. The highest BCUT2D eigenvalue weighted by atomic mass is 16.7. The van der Waals surface area contributed by atoms with Gasteiger partial charge < -0.3 is 69.3 Å². The molecule has 0 aliphatic carbocycles. The van der Waals surface area contributed by atoms with Gasteiger partial charge in [-0.1, -0.05) is 0 Å². The van der Waals surface area contributed by atoms with Gasteiger partial charge in [-0.25, -0.2) is 0 Å². The summed E-state index contributed by atoms with van der Waals surface area (Å²) in [7, 11) is 0. The lowest BCUT2D eigenvalue weighted by Crippen LogP contribution is -2.60. The van der Waals surface area contributed by atoms with Crippen molar-refractivity contribution >= 4 is 11.0 Å². The van der Waals surface area contributed by atoms with Crippen molar-refractivity contribution in [2.24, 2.45) is 0 Å². The van der Waals surface area contributed by atoms with Crippen LogP contribution in [0.25, 0.3) is 22.3 Å². The van der Waals surface area contributed by atoms with E-state index in [0.29, 0.717) is 0 Å². The number of fused-ring (bicyclic) bond motifs is 1. The summed E-state index contributed by atoms with van der Waals surface area (Å²) in [5, 5.41) is 90.0. The number of aromatic hydroxyl groups is 2. The molecule has 0 amide bonds. The van der Waals surface area contributed by atoms with E-state index in [1.807, 2.05) is 0 Å². The summed E-state index contributed by atoms with van der Waals surface area (Å²) in [6, 6.07) is 7.51. The minimum absolute atomic E-state index is 0.111. The summed E-state index contributed by atoms with van der Waals surface area (Å²) < 4.78 is 27.7. The topological polar surface area (TPSA) is 249 Å². The Hall–Kier alpha value is -3.51. The number of ether oxygens (including phenoxy) is 4. The Morgan fingerprint density at radius 1 is 0.829 bits per heavy atom. The molecule has 222 valence electrons. The molecule has 2 aliphatic rings. The Bertz CT molecular complexity index is 1440. The highest BCUT2D eigenvalue weighted by Crippen LogP contribution is 2.38. The number of hydrogen-bond acceptors (Lipinski definition) is 15. The van der Waals surface area contributed by atoms with E-state index in [9.17, 15) is 50.8 Å². The molecule has 15 nitrogen and oxygen atoms in total. The molecule has 41 heavy (non-hydrogen) atoms. The Balaban J connectivity index is 1.58. The van der Waals surface area contributed by atoms with Gasteiger partial charge in [-0.2, -0.15) is 0 Å². The van der Waals surface area contributed by atoms with Gasteiger partial charge in [0.25, 0.3) is 0 Å². The molecule has 2 aromatic carbocycles. The molecule has 3 heterocycles. The molecule has 2 aliphatic heterocycles. The van der Waals surface area contributed by atoms with E-state index in [4.69, 9.17) is 23.4 Å². The third kappa shape index (κ3) is 5.42. The maximum Gasteiger partial charge on any atom is 0.239 e. The molecule has 5 rings (SSSR count). The quantitative estimate of drug-likeness (QED) is 0.151. The summed E-state index contributed by atoms with van der Waals surface area (Å²) in [5.74, 6) is -1.76. The van der Waals surface area contributed by atoms with Gasteiger partial charge >= 0.3 is 0 Å². The van der Waals surface area contributed by atoms with E-state index < -0.39 is 84.2 Å². The third-order valence-corrected chi connectivity index (χ3v) is 6.82. The summed E-state index contributed by atoms with van der Waals surface area (Å²) in [5.41, 5.74) is -1.00. The molecule has 9 N–H and O–H groups in total. The molecule has 9 atom stereocenters. The van der Waals surface area contributed by atoms with Crippen LogP contribution in [-0.4, -0.2) is 114 Å². The highest BCUT2D eigenvalue weighted by molar-refractivity contribution is 5.88. The second-order valence-electron chi connectivity index (χ2n) is 9.64. The Kier molecular flexibility index (Phi) is 8.06. The first-order valence-corrected chi connectivity index (χ1v) is 12.4. The highest BCUT2D eigenvalue weighted by Gasteiger charge is 2.45. The van der Waals surface area contributed by atoms with Gasteiger partial charge in [0.2, 0.25) is 23.8 Å². The molecule has 0 saturated carbocycles. The second-order valence-corrected chi connectivity index (χ2v) is 9.64. The van der Waals surface area contributed by atoms with Crippen molar-refractivity contribution in [1.29, 1.82) is 0 Å². The van der Waals surface area contributed by atoms with Gasteiger partial charge in [0.05, 0.1) is 13.2 Å². The zero-order chi connectivity index (χ0) is 29.6. The minimum Gasteiger partial charge on any atom is -0.508 e. The monoisotopic (exact) mass is 580 g/mol. The second kappa shape index (κ2) is 11.4. The van der Waals surface area contributed by atoms with Crippen molar-refractivity contribution in [3.05, 3.63) is 46.6 Å². The third-order valence-electron chi connectivity index (χ3n) is 6.82. The summed E-state index contributed by atoms with van der Waals surface area (Å²) in [6.45, 7) is -1.10. The SMILES string of the molecule is O=c1c(O[C@@H]2O[C@H](CO)[C@@H](O)[C@H](O)[C@H]2O)c(-c2ccc(O)cc2)oc2cc(O[C@@H]3OC[C@@H](O)[C@H](O)[C@H]3O)cc(O)c12. The van der Waals surface area contributed by atoms with Crippen LogP contribution >= 0.6 is 0 Å². The lowest BCUT2D eigenvalue weighted by atomic mass is 9.99. The van der Waals surface area contributed by atoms with Gasteiger partial charge in [-0.15, -0.1) is 0 Å². The molecule has 2 fully saturated rings. The standard InChI is InChI=1S/C26H28O15/c27-7-15-18(32)20(34)22(36)26(40-15)41-24-19(33)16-12(29)5-11(38-25-21(35)17(31)13(30)8-37-25)6-14(16)39-23(24)9-1-3-10(28)4-2-9/h1-6,13,15,17-18,20-22,25-32,34-36H,7-8H2/t13-,15-,17+,18-,20+,21-,22-,25+,26+/m1/s1. The lowest BCUT2D eigenvalue weighted by molar-refractivity contribution is -0.277. The summed E-state index contributed by atoms with van der Waals surface area (Å²) >= 11 is 0. The zero-order valence-electron chi connectivity index (χ0n) is 21.0. The van der Waals surface area contributed by atoms with Gasteiger partial charge in [-0.05, 0) is 24.3 Å². The predicted molar refractivity (Wildman–Crippen MR) is 134 cm³/mol. The van der Waals surface area contributed by atoms with Crippen molar-refractivity contribution in [3.8, 4) is 34.3 Å². The van der Waals surface area contributed by atoms with E-state index >= 15 is 0 Å². The summed E-state index contributed by atoms with van der Waals surface area (Å²) in [4.78, 5) is 13.7. The summed E-state index contributed by atoms with van der Waals surface area (Å²) in [6.07, 6.45) is -14.5. The van der Waals surface area contributed by atoms with Crippen LogP contribution in [0.15, 0.2) is 45.6 Å². The molecule has 3 aromatic rings. The van der Waals surface area contributed by atoms with E-state index in [-0.39, 0.29) is 35.0 Å². The first-order chi connectivity index (χ1) is 19.5. The number of aliphatic hydroxyl groups is 7. The largest absolute Gasteiger partial charge is 0.508 e. The van der Waals surface area contributed by atoms with Crippen LogP contribution in [0.4, 0.5) is 0 Å². The average Bonchev–Trinajstić information content (AvgIpc) is 2.95. The Morgan fingerprint density at radius 3 is 2.20 bits per heavy atom. The van der Waals surface area contributed by atoms with E-state index in [0.717, 1.165) is 6.07 Å². The van der Waals surface area contributed by atoms with Gasteiger partial charge in [-0.3, -0.25) is 4.79 Å². The lowest BCUT2D eigenvalue weighted by Gasteiger charge is -2.39. The maximum atomic E-state index is 13.7. The molecule has 0 unspecified atom stereocenters. The van der Waals surface area contributed by atoms with Crippen LogP contribution in [-0.2, 0) is 9.47 Å². The minimum atomic E-state index is -1.87. The first kappa shape index (κ1) is 29.0. The molecular weight excluding hydrogens is 552 g/mol. The molecule has 0 radical (unpaired) electrons. The van der Waals surface area contributed by atoms with Crippen molar-refractivity contribution in [2.45, 2.75) is 55.3 Å². The van der Waals surface area contributed by atoms with Crippen LogP contribution < -0.4 is 14.9 Å². The number of phenols is 2. The van der Waals surface area contributed by atoms with E-state index in [2.05, 4.69) is 0 Å². The van der Waals surface area contributed by atoms with Crippen molar-refractivity contribution in [3.63, 3.8) is 0 Å². The van der Waals surface area contributed by atoms with Crippen LogP contribution in [0.2, 0.25) is 0 Å². The smallest absolute Gasteiger partial charge is 0.239 e. The number of phenolic OH excluding ortho intramolecular Hbond substituents is 2. The first-order valence-electron chi connectivity index (χ1n) is 12.4. The zero-order valence-corrected chi connectivity index (χ0v) is 21.0. The van der Waals surface area contributed by atoms with Crippen molar-refractivity contribution in [2.75, 3.05) is 13.2 Å².